The van der Waals surface area contributed by atoms with E-state index in [1.807, 2.05) is 6.08 Å². The molecular formula is C64H40N2. The van der Waals surface area contributed by atoms with Gasteiger partial charge in [0, 0.05) is 22.3 Å². The number of rotatable bonds is 4. The summed E-state index contributed by atoms with van der Waals surface area (Å²) in [6, 6.07) is 82.8. The topological polar surface area (TPSA) is 25.8 Å². The zero-order valence-electron chi connectivity index (χ0n) is 36.0. The van der Waals surface area contributed by atoms with Gasteiger partial charge < -0.3 is 0 Å². The Morgan fingerprint density at radius 3 is 1.12 bits per heavy atom. The Balaban J connectivity index is 1.20. The summed E-state index contributed by atoms with van der Waals surface area (Å²) < 4.78 is 0. The molecule has 2 heteroatoms. The molecule has 0 radical (unpaired) electrons. The maximum Gasteiger partial charge on any atom is 0.160 e. The molecule has 0 saturated carbocycles. The SMILES string of the molecule is C=Cc1c(-c2cccc3ccccc23)nc(-c2cccc3c2C2(c4ccccc4-c4ccccc42)c2ccccc2C32c3ccccc3-c3ccccc32)nc1-c1cccc2ccccc12. The van der Waals surface area contributed by atoms with E-state index in [1.165, 1.54) is 66.8 Å². The molecule has 66 heavy (non-hydrogen) atoms. The van der Waals surface area contributed by atoms with Gasteiger partial charge in [0.2, 0.25) is 0 Å². The Morgan fingerprint density at radius 2 is 0.636 bits per heavy atom. The van der Waals surface area contributed by atoms with E-state index in [4.69, 9.17) is 9.97 Å². The van der Waals surface area contributed by atoms with E-state index >= 15 is 0 Å². The molecule has 0 amide bonds. The van der Waals surface area contributed by atoms with Crippen LogP contribution in [-0.4, -0.2) is 9.97 Å². The molecule has 2 spiro atoms. The molecule has 0 fully saturated rings. The summed E-state index contributed by atoms with van der Waals surface area (Å²) in [6.07, 6.45) is 1.96. The molecule has 0 atom stereocenters. The fourth-order valence-corrected chi connectivity index (χ4v) is 12.5. The normalized spacial score (nSPS) is 14.1. The number of hydrogen-bond acceptors (Lipinski definition) is 2. The van der Waals surface area contributed by atoms with E-state index in [0.29, 0.717) is 5.82 Å². The molecule has 1 heterocycles. The largest absolute Gasteiger partial charge is 0.227 e. The third-order valence-electron chi connectivity index (χ3n) is 15.0. The van der Waals surface area contributed by atoms with Crippen LogP contribution in [-0.2, 0) is 10.8 Å². The van der Waals surface area contributed by atoms with Crippen molar-refractivity contribution in [1.29, 1.82) is 0 Å². The quantitative estimate of drug-likeness (QED) is 0.176. The van der Waals surface area contributed by atoms with Crippen molar-refractivity contribution in [2.75, 3.05) is 0 Å². The molecule has 3 aliphatic carbocycles. The molecule has 0 saturated heterocycles. The lowest BCUT2D eigenvalue weighted by Gasteiger charge is -2.49. The minimum absolute atomic E-state index is 0.634. The van der Waals surface area contributed by atoms with Crippen molar-refractivity contribution in [1.82, 2.24) is 9.97 Å². The van der Waals surface area contributed by atoms with Crippen LogP contribution in [0.1, 0.15) is 50.1 Å². The number of fused-ring (bicyclic) bond motifs is 18. The van der Waals surface area contributed by atoms with Gasteiger partial charge in [0.25, 0.3) is 0 Å². The Hall–Kier alpha value is -8.46. The first-order valence-electron chi connectivity index (χ1n) is 22.9. The van der Waals surface area contributed by atoms with Gasteiger partial charge in [0.15, 0.2) is 5.82 Å². The van der Waals surface area contributed by atoms with Gasteiger partial charge in [0.05, 0.1) is 22.2 Å². The van der Waals surface area contributed by atoms with Crippen molar-refractivity contribution in [2.45, 2.75) is 10.8 Å². The predicted molar refractivity (Wildman–Crippen MR) is 272 cm³/mol. The van der Waals surface area contributed by atoms with Crippen LogP contribution in [0, 0.1) is 0 Å². The van der Waals surface area contributed by atoms with Gasteiger partial charge >= 0.3 is 0 Å². The third kappa shape index (κ3) is 4.65. The van der Waals surface area contributed by atoms with E-state index < -0.39 is 10.8 Å². The first-order valence-corrected chi connectivity index (χ1v) is 22.9. The number of aromatic nitrogens is 2. The van der Waals surface area contributed by atoms with Crippen LogP contribution in [0.4, 0.5) is 0 Å². The monoisotopic (exact) mass is 836 g/mol. The highest BCUT2D eigenvalue weighted by molar-refractivity contribution is 6.03. The maximum atomic E-state index is 5.85. The van der Waals surface area contributed by atoms with E-state index in [9.17, 15) is 0 Å². The highest BCUT2D eigenvalue weighted by Crippen LogP contribution is 2.68. The van der Waals surface area contributed by atoms with Crippen LogP contribution in [0.3, 0.4) is 0 Å². The van der Waals surface area contributed by atoms with Gasteiger partial charge in [-0.05, 0) is 88.3 Å². The molecule has 1 aromatic heterocycles. The van der Waals surface area contributed by atoms with Crippen molar-refractivity contribution in [3.63, 3.8) is 0 Å². The van der Waals surface area contributed by atoms with E-state index in [1.54, 1.807) is 0 Å². The van der Waals surface area contributed by atoms with Crippen LogP contribution in [0.25, 0.3) is 83.8 Å². The minimum Gasteiger partial charge on any atom is -0.227 e. The molecule has 10 aromatic carbocycles. The molecule has 0 aliphatic heterocycles. The summed E-state index contributed by atoms with van der Waals surface area (Å²) in [5, 5.41) is 4.58. The molecule has 306 valence electrons. The van der Waals surface area contributed by atoms with Crippen molar-refractivity contribution in [3.8, 4) is 56.2 Å². The summed E-state index contributed by atoms with van der Waals surface area (Å²) >= 11 is 0. The standard InChI is InChI=1S/C64H40N2/c1-2-42-60(49-30-17-22-40-20-3-5-24-43(40)49)65-62(66-61(42)50-31-18-23-41-21-4-6-25-44(41)50)51-32-19-39-58-59(51)64(54-35-13-9-28-47(54)48-29-10-14-36-55(48)64)57-38-16-15-37-56(57)63(58)52-33-11-7-26-45(52)46-27-8-12-34-53(46)63/h2-39H,1H2. The van der Waals surface area contributed by atoms with Gasteiger partial charge in [-0.2, -0.15) is 0 Å². The average Bonchev–Trinajstić information content (AvgIpc) is 3.85. The molecule has 0 N–H and O–H groups in total. The second-order valence-corrected chi connectivity index (χ2v) is 17.9. The van der Waals surface area contributed by atoms with Crippen LogP contribution in [0.15, 0.2) is 231 Å². The van der Waals surface area contributed by atoms with Crippen LogP contribution in [0.2, 0.25) is 0 Å². The van der Waals surface area contributed by atoms with Crippen LogP contribution >= 0.6 is 0 Å². The lowest BCUT2D eigenvalue weighted by molar-refractivity contribution is 0.634. The summed E-state index contributed by atoms with van der Waals surface area (Å²) in [4.78, 5) is 11.7. The molecule has 0 bridgehead atoms. The number of nitrogens with zero attached hydrogens (tertiary/aromatic N) is 2. The van der Waals surface area contributed by atoms with Crippen molar-refractivity contribution in [2.24, 2.45) is 0 Å². The first-order chi connectivity index (χ1) is 32.7. The van der Waals surface area contributed by atoms with Gasteiger partial charge in [-0.25, -0.2) is 9.97 Å². The molecular weight excluding hydrogens is 797 g/mol. The average molecular weight is 837 g/mol. The lowest BCUT2D eigenvalue weighted by atomic mass is 9.51. The zero-order chi connectivity index (χ0) is 43.6. The Bertz CT molecular complexity index is 3670. The maximum absolute atomic E-state index is 5.85. The van der Waals surface area contributed by atoms with Gasteiger partial charge in [0.1, 0.15) is 0 Å². The van der Waals surface area contributed by atoms with Gasteiger partial charge in [-0.3, -0.25) is 0 Å². The fraction of sp³-hybridized carbons (Fsp3) is 0.0312. The predicted octanol–water partition coefficient (Wildman–Crippen LogP) is 15.5. The lowest BCUT2D eigenvalue weighted by Crippen LogP contribution is -2.44. The number of hydrogen-bond donors (Lipinski definition) is 0. The number of benzene rings is 10. The van der Waals surface area contributed by atoms with Gasteiger partial charge in [-0.1, -0.05) is 237 Å². The summed E-state index contributed by atoms with van der Waals surface area (Å²) in [7, 11) is 0. The molecule has 2 nitrogen and oxygen atoms in total. The van der Waals surface area contributed by atoms with Crippen molar-refractivity contribution >= 4 is 27.6 Å². The Kier molecular flexibility index (Phi) is 7.71. The minimum atomic E-state index is -0.715. The van der Waals surface area contributed by atoms with Crippen LogP contribution < -0.4 is 0 Å². The van der Waals surface area contributed by atoms with E-state index in [2.05, 4.69) is 231 Å². The molecule has 11 aromatic rings. The highest BCUT2D eigenvalue weighted by Gasteiger charge is 2.59. The molecule has 3 aliphatic rings. The smallest absolute Gasteiger partial charge is 0.160 e. The summed E-state index contributed by atoms with van der Waals surface area (Å²) in [5.74, 6) is 0.679. The molecule has 14 rings (SSSR count). The zero-order valence-corrected chi connectivity index (χ0v) is 36.0. The summed E-state index contributed by atoms with van der Waals surface area (Å²) in [6.45, 7) is 4.48. The fourth-order valence-electron chi connectivity index (χ4n) is 12.5. The van der Waals surface area contributed by atoms with Crippen molar-refractivity contribution < 1.29 is 0 Å². The first kappa shape index (κ1) is 37.0. The second kappa shape index (κ2) is 13.8. The third-order valence-corrected chi connectivity index (χ3v) is 15.0. The Labute approximate surface area is 383 Å². The second-order valence-electron chi connectivity index (χ2n) is 17.9. The highest BCUT2D eigenvalue weighted by atomic mass is 14.9. The van der Waals surface area contributed by atoms with Crippen molar-refractivity contribution in [3.05, 3.63) is 281 Å². The van der Waals surface area contributed by atoms with E-state index in [-0.39, 0.29) is 0 Å². The van der Waals surface area contributed by atoms with E-state index in [0.717, 1.165) is 55.2 Å². The molecule has 0 unspecified atom stereocenters. The van der Waals surface area contributed by atoms with Gasteiger partial charge in [-0.15, -0.1) is 0 Å². The van der Waals surface area contributed by atoms with Crippen LogP contribution in [0.5, 0.6) is 0 Å². The summed E-state index contributed by atoms with van der Waals surface area (Å²) in [5.41, 5.74) is 19.6. The Morgan fingerprint density at radius 1 is 0.303 bits per heavy atom.